The van der Waals surface area contributed by atoms with Crippen molar-refractivity contribution in [3.05, 3.63) is 65.6 Å². The van der Waals surface area contributed by atoms with Crippen LogP contribution in [0.15, 0.2) is 54.7 Å². The number of urea groups is 1. The molecular weight excluding hydrogens is 1130 g/mol. The molecule has 11 N–H and O–H groups in total. The molecule has 33 nitrogen and oxygen atoms in total. The molecule has 79 heavy (non-hydrogen) atoms. The number of azide groups is 1. The van der Waals surface area contributed by atoms with E-state index in [1.165, 1.54) is 33.9 Å². The molecular formula is C41H51FN18O15P2S2. The highest BCUT2D eigenvalue weighted by Gasteiger charge is 2.53. The summed E-state index contributed by atoms with van der Waals surface area (Å²) in [6.07, 6.45) is -8.72. The fourth-order valence-corrected chi connectivity index (χ4v) is 11.3. The quantitative estimate of drug-likeness (QED) is 0.0159. The lowest BCUT2D eigenvalue weighted by molar-refractivity contribution is -0.131. The van der Waals surface area contributed by atoms with E-state index in [2.05, 4.69) is 78.8 Å². The van der Waals surface area contributed by atoms with E-state index in [1.54, 1.807) is 26.0 Å². The number of benzene rings is 1. The van der Waals surface area contributed by atoms with Crippen molar-refractivity contribution in [1.82, 2.24) is 55.0 Å². The Bertz CT molecular complexity index is 3230. The number of nitrogens with one attached hydrogen (secondary N) is 5. The molecule has 1 aromatic carbocycles. The fourth-order valence-electron chi connectivity index (χ4n) is 8.37. The molecule has 38 heteroatoms. The highest BCUT2D eigenvalue weighted by molar-refractivity contribution is 8.44. The molecule has 424 valence electrons. The lowest BCUT2D eigenvalue weighted by Crippen LogP contribution is -2.55. The summed E-state index contributed by atoms with van der Waals surface area (Å²) >= 11 is 9.37. The standard InChI is InChI=1S/C41H51FN18O15P2S2/c1-18(2)26(56-24(61)10-53-58-45)37(64)55-21(4-3-9-46-40(44)65)36(63)54-20-7-5-19(6-8-20)11-69-41(66)57-33-28-35(50-15-48-33)60(17-52-28)39-29(62)31-23(73-39)13-71-76(67,78)74-30-22(12-70-77(68,79)75-31)72-38(25(30)42)59-16-51-27-32(43)47-14-49-34(27)59/h5-8,14-18,21-23,25-26,29-31,38-39,62H,3-4,9-13H2,1-2H3,(H,54,63)(H,55,64)(H,56,61)(H,67,78)(H,68,79)(H2,43,47,49)(H3,44,46,65)(H,48,50,57,66)/t21-,22+,23?,25+,26-,29+,30+,31+,38+,39+,76?,77?/m0/s1. The number of aromatic nitrogens is 8. The van der Waals surface area contributed by atoms with Gasteiger partial charge in [-0.2, -0.15) is 0 Å². The summed E-state index contributed by atoms with van der Waals surface area (Å²) in [5, 5.41) is 27.6. The normalized spacial score (nSPS) is 26.8. The van der Waals surface area contributed by atoms with Crippen LogP contribution in [0.1, 0.15) is 44.7 Å². The van der Waals surface area contributed by atoms with Crippen LogP contribution in [0.2, 0.25) is 0 Å². The van der Waals surface area contributed by atoms with Crippen molar-refractivity contribution in [2.24, 2.45) is 16.8 Å². The van der Waals surface area contributed by atoms with E-state index in [-0.39, 0.29) is 60.0 Å². The van der Waals surface area contributed by atoms with E-state index in [4.69, 9.17) is 61.1 Å². The summed E-state index contributed by atoms with van der Waals surface area (Å²) in [6, 6.07) is 3.13. The molecule has 5 aromatic rings. The van der Waals surface area contributed by atoms with Crippen LogP contribution in [-0.2, 0) is 69.7 Å². The zero-order chi connectivity index (χ0) is 56.8. The topological polar surface area (TPSA) is 456 Å². The summed E-state index contributed by atoms with van der Waals surface area (Å²) in [6.45, 7) is -7.58. The smallest absolute Gasteiger partial charge is 0.413 e. The highest BCUT2D eigenvalue weighted by atomic mass is 32.7. The minimum Gasteiger partial charge on any atom is -0.444 e. The van der Waals surface area contributed by atoms with Gasteiger partial charge in [-0.25, -0.2) is 48.4 Å². The summed E-state index contributed by atoms with van der Waals surface area (Å²) in [7, 11) is 0. The summed E-state index contributed by atoms with van der Waals surface area (Å²) < 4.78 is 72.5. The third-order valence-corrected chi connectivity index (χ3v) is 15.3. The Morgan fingerprint density at radius 1 is 0.937 bits per heavy atom. The van der Waals surface area contributed by atoms with Crippen LogP contribution in [-0.4, -0.2) is 154 Å². The highest BCUT2D eigenvalue weighted by Crippen LogP contribution is 2.58. The number of primary amides is 1. The van der Waals surface area contributed by atoms with E-state index >= 15 is 4.39 Å². The molecule has 0 saturated carbocycles. The average Bonchev–Trinajstić information content (AvgIpc) is 4.40. The first-order chi connectivity index (χ1) is 37.6. The second-order valence-electron chi connectivity index (χ2n) is 17.9. The largest absolute Gasteiger partial charge is 0.444 e. The number of nitrogens with zero attached hydrogens (tertiary/aromatic N) is 11. The first kappa shape index (κ1) is 58.4. The number of carbonyl (C=O) groups is 5. The second kappa shape index (κ2) is 25.1. The number of anilines is 3. The predicted molar refractivity (Wildman–Crippen MR) is 277 cm³/mol. The lowest BCUT2D eigenvalue weighted by Gasteiger charge is -2.29. The average molecular weight is 1180 g/mol. The Labute approximate surface area is 455 Å². The molecule has 3 fully saturated rings. The molecule has 6 amide bonds. The molecule has 3 saturated heterocycles. The first-order valence-corrected chi connectivity index (χ1v) is 28.9. The summed E-state index contributed by atoms with van der Waals surface area (Å²) in [5.74, 6) is -2.55. The number of aliphatic hydroxyl groups excluding tert-OH is 1. The summed E-state index contributed by atoms with van der Waals surface area (Å²) in [5.41, 5.74) is 20.7. The van der Waals surface area contributed by atoms with Crippen molar-refractivity contribution < 1.29 is 75.2 Å². The Morgan fingerprint density at radius 2 is 1.59 bits per heavy atom. The fraction of sp³-hybridized carbons (Fsp3) is 0.488. The van der Waals surface area contributed by atoms with Gasteiger partial charge in [0.1, 0.15) is 73.9 Å². The van der Waals surface area contributed by atoms with Crippen molar-refractivity contribution in [3.8, 4) is 0 Å². The van der Waals surface area contributed by atoms with Gasteiger partial charge in [-0.15, -0.1) is 0 Å². The van der Waals surface area contributed by atoms with Gasteiger partial charge in [0.05, 0.1) is 25.9 Å². The molecule has 7 heterocycles. The molecule has 3 unspecified atom stereocenters. The van der Waals surface area contributed by atoms with Gasteiger partial charge in [0, 0.05) is 17.1 Å². The van der Waals surface area contributed by atoms with Gasteiger partial charge >= 0.3 is 25.6 Å². The maximum Gasteiger partial charge on any atom is 0.413 e. The number of imidazole rings is 2. The van der Waals surface area contributed by atoms with Crippen LogP contribution in [0.4, 0.5) is 31.3 Å². The Kier molecular flexibility index (Phi) is 18.6. The van der Waals surface area contributed by atoms with Gasteiger partial charge in [0.15, 0.2) is 47.1 Å². The van der Waals surface area contributed by atoms with Gasteiger partial charge in [-0.1, -0.05) is 43.3 Å². The third-order valence-electron chi connectivity index (χ3n) is 12.1. The number of aliphatic hydroxyl groups is 1. The molecule has 0 radical (unpaired) electrons. The first-order valence-electron chi connectivity index (χ1n) is 23.6. The Balaban J connectivity index is 0.881. The number of thiol groups is 1. The van der Waals surface area contributed by atoms with Crippen molar-refractivity contribution in [1.29, 1.82) is 0 Å². The molecule has 0 bridgehead atoms. The van der Waals surface area contributed by atoms with Crippen molar-refractivity contribution in [3.63, 3.8) is 0 Å². The number of ether oxygens (including phenoxy) is 3. The van der Waals surface area contributed by atoms with Gasteiger partial charge in [0.2, 0.25) is 17.7 Å². The number of rotatable bonds is 17. The number of nitrogens with two attached hydrogens (primary N) is 2. The van der Waals surface area contributed by atoms with Crippen molar-refractivity contribution >= 4 is 107 Å². The number of fused-ring (bicyclic) bond motifs is 4. The van der Waals surface area contributed by atoms with Gasteiger partial charge < -0.3 is 61.5 Å². The van der Waals surface area contributed by atoms with Crippen LogP contribution in [0.25, 0.3) is 32.8 Å². The predicted octanol–water partition coefficient (Wildman–Crippen LogP) is 1.89. The molecule has 3 aliphatic rings. The van der Waals surface area contributed by atoms with Crippen molar-refractivity contribution in [2.75, 3.05) is 42.7 Å². The third kappa shape index (κ3) is 14.2. The van der Waals surface area contributed by atoms with Gasteiger partial charge in [0.25, 0.3) is 0 Å². The van der Waals surface area contributed by atoms with Gasteiger partial charge in [-0.05, 0) is 53.8 Å². The van der Waals surface area contributed by atoms with Crippen LogP contribution in [0.5, 0.6) is 0 Å². The Hall–Kier alpha value is -6.78. The molecule has 12 atom stereocenters. The maximum atomic E-state index is 16.3. The van der Waals surface area contributed by atoms with Gasteiger partial charge in [-0.3, -0.25) is 42.4 Å². The number of amides is 6. The second-order valence-corrected chi connectivity index (χ2v) is 23.6. The maximum absolute atomic E-state index is 16.3. The molecule has 3 aliphatic heterocycles. The van der Waals surface area contributed by atoms with Crippen LogP contribution in [0.3, 0.4) is 0 Å². The number of halogens is 1. The number of alkyl halides is 1. The van der Waals surface area contributed by atoms with Crippen LogP contribution >= 0.6 is 25.8 Å². The molecule has 0 spiro atoms. The number of hydrogen-bond donors (Lipinski definition) is 10. The van der Waals surface area contributed by atoms with E-state index < -0.39 is 130 Å². The van der Waals surface area contributed by atoms with Crippen LogP contribution < -0.4 is 38.1 Å². The van der Waals surface area contributed by atoms with E-state index in [0.29, 0.717) is 11.3 Å². The minimum absolute atomic E-state index is 0.000444. The Morgan fingerprint density at radius 3 is 2.30 bits per heavy atom. The van der Waals surface area contributed by atoms with E-state index in [9.17, 15) is 38.5 Å². The van der Waals surface area contributed by atoms with Crippen molar-refractivity contribution in [2.45, 2.75) is 94.5 Å². The van der Waals surface area contributed by atoms with E-state index in [1.807, 2.05) is 0 Å². The number of hydrogen-bond acceptors (Lipinski definition) is 23. The SMILES string of the molecule is CC(C)[C@H](NC(=O)CN=[N+]=[N-])C(=O)N[C@@H](CCCNC(N)=O)C(=O)Nc1ccc(COC(=O)Nc2ncnc3c2ncn3[C@@H]2OC3COP(O)(=S)O[C@H]4[C@@H](F)[C@H](n5cnc6c(N)ncnc65)O[C@@H]4COP(=O)(S)O[C@H]3[C@H]2O)cc1. The zero-order valence-electron chi connectivity index (χ0n) is 41.3. The lowest BCUT2D eigenvalue weighted by atomic mass is 10.0. The number of carbonyl (C=O) groups excluding carboxylic acids is 5. The zero-order valence-corrected chi connectivity index (χ0v) is 44.8. The van der Waals surface area contributed by atoms with E-state index in [0.717, 1.165) is 12.7 Å². The minimum atomic E-state index is -4.48. The molecule has 8 rings (SSSR count). The monoisotopic (exact) mass is 1180 g/mol. The molecule has 0 aliphatic carbocycles. The number of nitrogen functional groups attached to an aromatic ring is 1. The summed E-state index contributed by atoms with van der Waals surface area (Å²) in [4.78, 5) is 102. The van der Waals surface area contributed by atoms with Crippen LogP contribution in [0, 0.1) is 5.92 Å². The molecule has 4 aromatic heterocycles.